The van der Waals surface area contributed by atoms with E-state index in [-0.39, 0.29) is 23.1 Å². The predicted molar refractivity (Wildman–Crippen MR) is 183 cm³/mol. The molecular weight excluding hydrogens is 578 g/mol. The quantitative estimate of drug-likeness (QED) is 0.150. The number of H-pyrrole nitrogens is 1. The molecule has 0 spiro atoms. The number of hydrogen-bond donors (Lipinski definition) is 3. The van der Waals surface area contributed by atoms with E-state index in [9.17, 15) is 14.7 Å². The van der Waals surface area contributed by atoms with Crippen molar-refractivity contribution in [2.45, 2.75) is 33.2 Å². The molecule has 0 aliphatic carbocycles. The highest BCUT2D eigenvalue weighted by molar-refractivity contribution is 6.12. The lowest BCUT2D eigenvalue weighted by atomic mass is 10.0. The van der Waals surface area contributed by atoms with Gasteiger partial charge in [0.15, 0.2) is 11.7 Å². The lowest BCUT2D eigenvalue weighted by Crippen LogP contribution is -2.44. The number of aliphatic imine (C=N–C) groups is 1. The first-order valence-electron chi connectivity index (χ1n) is 15.4. The first-order valence-corrected chi connectivity index (χ1v) is 15.4. The van der Waals surface area contributed by atoms with Crippen molar-refractivity contribution < 1.29 is 14.7 Å². The number of piperazine rings is 1. The Morgan fingerprint density at radius 3 is 2.28 bits per heavy atom. The van der Waals surface area contributed by atoms with Crippen LogP contribution in [0, 0.1) is 6.92 Å². The summed E-state index contributed by atoms with van der Waals surface area (Å²) in [4.78, 5) is 38.6. The van der Waals surface area contributed by atoms with Gasteiger partial charge >= 0.3 is 0 Å². The molecule has 5 aromatic rings. The molecule has 2 aromatic heterocycles. The molecule has 46 heavy (non-hydrogen) atoms. The van der Waals surface area contributed by atoms with Crippen LogP contribution in [0.4, 0.5) is 17.1 Å². The van der Waals surface area contributed by atoms with Gasteiger partial charge in [-0.15, -0.1) is 0 Å². The van der Waals surface area contributed by atoms with Gasteiger partial charge in [-0.1, -0.05) is 12.1 Å². The number of likely N-dealkylation sites (N-methyl/N-ethyl adjacent to an activating group) is 1. The van der Waals surface area contributed by atoms with Crippen LogP contribution in [0.3, 0.4) is 0 Å². The summed E-state index contributed by atoms with van der Waals surface area (Å²) in [5.41, 5.74) is 5.55. The van der Waals surface area contributed by atoms with Crippen molar-refractivity contribution in [3.8, 4) is 5.88 Å². The van der Waals surface area contributed by atoms with Gasteiger partial charge in [0, 0.05) is 65.8 Å². The van der Waals surface area contributed by atoms with Crippen LogP contribution in [0.2, 0.25) is 0 Å². The minimum atomic E-state index is -0.348. The number of carbonyl (C=O) groups is 2. The molecule has 1 aliphatic heterocycles. The largest absolute Gasteiger partial charge is 0.494 e. The Morgan fingerprint density at radius 1 is 0.935 bits per heavy atom. The Morgan fingerprint density at radius 2 is 1.61 bits per heavy atom. The van der Waals surface area contributed by atoms with E-state index >= 15 is 0 Å². The summed E-state index contributed by atoms with van der Waals surface area (Å²) in [7, 11) is 2.14. The fraction of sp³-hybridized carbons (Fsp3) is 0.278. The van der Waals surface area contributed by atoms with E-state index in [0.717, 1.165) is 42.9 Å². The summed E-state index contributed by atoms with van der Waals surface area (Å²) >= 11 is 0. The molecule has 1 amide bonds. The van der Waals surface area contributed by atoms with E-state index in [2.05, 4.69) is 49.4 Å². The number of anilines is 2. The van der Waals surface area contributed by atoms with Crippen molar-refractivity contribution in [3.63, 3.8) is 0 Å². The maximum Gasteiger partial charge on any atom is 0.273 e. The van der Waals surface area contributed by atoms with E-state index in [1.54, 1.807) is 53.4 Å². The lowest BCUT2D eigenvalue weighted by molar-refractivity contribution is 0.100. The maximum atomic E-state index is 13.4. The van der Waals surface area contributed by atoms with Crippen LogP contribution >= 0.6 is 0 Å². The first kappa shape index (κ1) is 30.8. The highest BCUT2D eigenvalue weighted by Gasteiger charge is 2.23. The Hall–Kier alpha value is -5.22. The molecular formula is C36H39N7O3. The third-order valence-corrected chi connectivity index (χ3v) is 8.25. The van der Waals surface area contributed by atoms with E-state index < -0.39 is 0 Å². The molecule has 3 aromatic carbocycles. The number of hydrogen-bond acceptors (Lipinski definition) is 7. The number of nitrogens with one attached hydrogen (secondary N) is 2. The van der Waals surface area contributed by atoms with Gasteiger partial charge in [-0.05, 0) is 95.4 Å². The van der Waals surface area contributed by atoms with E-state index in [1.807, 2.05) is 45.9 Å². The molecule has 3 heterocycles. The van der Waals surface area contributed by atoms with E-state index in [0.29, 0.717) is 33.6 Å². The minimum Gasteiger partial charge on any atom is -0.494 e. The summed E-state index contributed by atoms with van der Waals surface area (Å²) in [6, 6.07) is 21.9. The zero-order chi connectivity index (χ0) is 32.6. The molecule has 10 nitrogen and oxygen atoms in total. The number of ketones is 1. The normalized spacial score (nSPS) is 14.3. The highest BCUT2D eigenvalue weighted by atomic mass is 16.3. The summed E-state index contributed by atoms with van der Waals surface area (Å²) in [5, 5.41) is 18.8. The van der Waals surface area contributed by atoms with Crippen molar-refractivity contribution in [3.05, 3.63) is 101 Å². The number of rotatable bonds is 7. The standard InChI is InChI=1S/C36H39N7O3/c1-23-20-32(43(40-23)36(2,3)4)35(46)38-27-9-6-24(7-10-27)33(44)25-8-15-29-30(34(45)39-31(29)21-25)22-37-26-11-13-28(14-12-26)42-18-16-41(5)17-19-42/h6-15,20-22,39,45H,16-19H2,1-5H3,(H,38,46). The molecule has 0 atom stereocenters. The molecule has 3 N–H and O–H groups in total. The second-order valence-electron chi connectivity index (χ2n) is 12.8. The Bertz CT molecular complexity index is 1920. The maximum absolute atomic E-state index is 13.4. The van der Waals surface area contributed by atoms with Crippen LogP contribution in [0.15, 0.2) is 77.8 Å². The molecule has 10 heteroatoms. The predicted octanol–water partition coefficient (Wildman–Crippen LogP) is 6.12. The smallest absolute Gasteiger partial charge is 0.273 e. The van der Waals surface area contributed by atoms with Gasteiger partial charge in [-0.25, -0.2) is 0 Å². The number of amides is 1. The van der Waals surface area contributed by atoms with Crippen LogP contribution < -0.4 is 10.2 Å². The van der Waals surface area contributed by atoms with Gasteiger partial charge in [0.05, 0.1) is 22.5 Å². The fourth-order valence-corrected chi connectivity index (χ4v) is 5.67. The molecule has 1 aliphatic rings. The van der Waals surface area contributed by atoms with Gasteiger partial charge in [-0.3, -0.25) is 19.3 Å². The summed E-state index contributed by atoms with van der Waals surface area (Å²) in [5.74, 6) is -0.458. The third kappa shape index (κ3) is 6.43. The van der Waals surface area contributed by atoms with Crippen LogP contribution in [0.25, 0.3) is 10.9 Å². The second-order valence-corrected chi connectivity index (χ2v) is 12.8. The van der Waals surface area contributed by atoms with Crippen LogP contribution in [0.1, 0.15) is 58.4 Å². The van der Waals surface area contributed by atoms with E-state index in [1.165, 1.54) is 5.69 Å². The van der Waals surface area contributed by atoms with Crippen LogP contribution in [0.5, 0.6) is 5.88 Å². The summed E-state index contributed by atoms with van der Waals surface area (Å²) in [6.45, 7) is 11.9. The number of aryl methyl sites for hydroxylation is 1. The zero-order valence-electron chi connectivity index (χ0n) is 26.8. The molecule has 1 fully saturated rings. The monoisotopic (exact) mass is 617 g/mol. The van der Waals surface area contributed by atoms with Gasteiger partial charge in [0.25, 0.3) is 5.91 Å². The zero-order valence-corrected chi connectivity index (χ0v) is 26.8. The van der Waals surface area contributed by atoms with Crippen LogP contribution in [-0.2, 0) is 5.54 Å². The number of benzene rings is 3. The van der Waals surface area contributed by atoms with Crippen molar-refractivity contribution in [2.75, 3.05) is 43.4 Å². The molecule has 6 rings (SSSR count). The number of aromatic hydroxyl groups is 1. The number of nitrogens with zero attached hydrogens (tertiary/aromatic N) is 5. The lowest BCUT2D eigenvalue weighted by Gasteiger charge is -2.34. The number of carbonyl (C=O) groups excluding carboxylic acids is 2. The van der Waals surface area contributed by atoms with Crippen LogP contribution in [-0.4, -0.2) is 75.9 Å². The average molecular weight is 618 g/mol. The second kappa shape index (κ2) is 12.3. The van der Waals surface area contributed by atoms with Gasteiger partial charge in [-0.2, -0.15) is 5.10 Å². The average Bonchev–Trinajstić information content (AvgIpc) is 3.59. The van der Waals surface area contributed by atoms with Crippen molar-refractivity contribution in [1.29, 1.82) is 0 Å². The fourth-order valence-electron chi connectivity index (χ4n) is 5.67. The Kier molecular flexibility index (Phi) is 8.22. The topological polar surface area (TPSA) is 119 Å². The number of fused-ring (bicyclic) bond motifs is 1. The number of aromatic nitrogens is 3. The van der Waals surface area contributed by atoms with Gasteiger partial charge in [0.2, 0.25) is 0 Å². The van der Waals surface area contributed by atoms with E-state index in [4.69, 9.17) is 0 Å². The van der Waals surface area contributed by atoms with Crippen molar-refractivity contribution in [1.82, 2.24) is 19.7 Å². The van der Waals surface area contributed by atoms with Crippen molar-refractivity contribution in [2.24, 2.45) is 4.99 Å². The molecule has 236 valence electrons. The van der Waals surface area contributed by atoms with Crippen molar-refractivity contribution >= 4 is 45.9 Å². The Balaban J connectivity index is 1.14. The molecule has 1 saturated heterocycles. The first-order chi connectivity index (χ1) is 22.0. The molecule has 0 radical (unpaired) electrons. The minimum absolute atomic E-state index is 0.0134. The summed E-state index contributed by atoms with van der Waals surface area (Å²) < 4.78 is 1.72. The third-order valence-electron chi connectivity index (χ3n) is 8.25. The number of aromatic amines is 1. The molecule has 0 unspecified atom stereocenters. The molecule has 0 bridgehead atoms. The van der Waals surface area contributed by atoms with Gasteiger partial charge in [0.1, 0.15) is 5.69 Å². The molecule has 0 saturated carbocycles. The van der Waals surface area contributed by atoms with Gasteiger partial charge < -0.3 is 25.2 Å². The highest BCUT2D eigenvalue weighted by Crippen LogP contribution is 2.29. The Labute approximate surface area is 268 Å². The SMILES string of the molecule is Cc1cc(C(=O)Nc2ccc(C(=O)c3ccc4c(C=Nc5ccc(N6CCN(C)CC6)cc5)c(O)[nH]c4c3)cc2)n(C(C)(C)C)n1. The summed E-state index contributed by atoms with van der Waals surface area (Å²) in [6.07, 6.45) is 1.64.